The van der Waals surface area contributed by atoms with Gasteiger partial charge in [0.1, 0.15) is 0 Å². The van der Waals surface area contributed by atoms with Crippen LogP contribution in [0.2, 0.25) is 0 Å². The Morgan fingerprint density at radius 2 is 2.55 bits per heavy atom. The summed E-state index contributed by atoms with van der Waals surface area (Å²) in [6, 6.07) is 0. The molecule has 1 aliphatic heterocycles. The number of hydrogen-bond acceptors (Lipinski definition) is 3. The maximum atomic E-state index is 10.6. The molecule has 0 N–H and O–H groups in total. The summed E-state index contributed by atoms with van der Waals surface area (Å²) in [5.41, 5.74) is 0.951. The van der Waals surface area contributed by atoms with E-state index in [2.05, 4.69) is 13.2 Å². The van der Waals surface area contributed by atoms with Crippen molar-refractivity contribution in [1.29, 1.82) is 0 Å². The average Bonchev–Trinajstić information content (AvgIpc) is 2.35. The van der Waals surface area contributed by atoms with Crippen LogP contribution in [0.4, 0.5) is 0 Å². The van der Waals surface area contributed by atoms with Gasteiger partial charge >= 0.3 is 5.97 Å². The zero-order valence-corrected chi connectivity index (χ0v) is 6.21. The minimum atomic E-state index is -0.454. The number of hydrogen-bond donors (Lipinski definition) is 0. The molecule has 0 amide bonds. The van der Waals surface area contributed by atoms with E-state index in [9.17, 15) is 4.79 Å². The van der Waals surface area contributed by atoms with Crippen molar-refractivity contribution in [3.05, 3.63) is 24.8 Å². The maximum absolute atomic E-state index is 10.6. The maximum Gasteiger partial charge on any atom is 0.332 e. The van der Waals surface area contributed by atoms with Gasteiger partial charge in [0, 0.05) is 12.5 Å². The molecule has 1 saturated heterocycles. The normalized spacial score (nSPS) is 23.3. The van der Waals surface area contributed by atoms with E-state index in [0.29, 0.717) is 13.0 Å². The first-order valence-corrected chi connectivity index (χ1v) is 3.33. The van der Waals surface area contributed by atoms with Gasteiger partial charge in [0.05, 0.1) is 6.61 Å². The molecule has 1 unspecified atom stereocenters. The Labute approximate surface area is 65.3 Å². The number of rotatable bonds is 2. The lowest BCUT2D eigenvalue weighted by atomic mass is 10.3. The van der Waals surface area contributed by atoms with Crippen LogP contribution in [0.25, 0.3) is 0 Å². The molecule has 0 bridgehead atoms. The number of ether oxygens (including phenoxy) is 2. The molecule has 11 heavy (non-hydrogen) atoms. The lowest BCUT2D eigenvalue weighted by Crippen LogP contribution is -2.14. The van der Waals surface area contributed by atoms with E-state index in [1.807, 2.05) is 0 Å². The SMILES string of the molecule is C=CC(=O)OC1CC(=C)CO1. The molecule has 3 heteroatoms. The Morgan fingerprint density at radius 3 is 3.00 bits per heavy atom. The van der Waals surface area contributed by atoms with Crippen molar-refractivity contribution >= 4 is 5.97 Å². The third kappa shape index (κ3) is 2.20. The summed E-state index contributed by atoms with van der Waals surface area (Å²) in [6.45, 7) is 7.45. The van der Waals surface area contributed by atoms with Crippen LogP contribution in [0.3, 0.4) is 0 Å². The van der Waals surface area contributed by atoms with Crippen molar-refractivity contribution in [2.75, 3.05) is 6.61 Å². The molecule has 1 atom stereocenters. The van der Waals surface area contributed by atoms with Gasteiger partial charge in [-0.05, 0) is 5.57 Å². The van der Waals surface area contributed by atoms with E-state index in [-0.39, 0.29) is 0 Å². The van der Waals surface area contributed by atoms with E-state index in [0.717, 1.165) is 11.6 Å². The molecule has 1 rings (SSSR count). The van der Waals surface area contributed by atoms with Crippen LogP contribution in [0, 0.1) is 0 Å². The fraction of sp³-hybridized carbons (Fsp3) is 0.375. The summed E-state index contributed by atoms with van der Waals surface area (Å²) < 4.78 is 9.84. The highest BCUT2D eigenvalue weighted by Crippen LogP contribution is 2.17. The first kappa shape index (κ1) is 8.01. The van der Waals surface area contributed by atoms with Gasteiger partial charge in [0.25, 0.3) is 0 Å². The molecule has 0 aliphatic carbocycles. The van der Waals surface area contributed by atoms with Crippen molar-refractivity contribution in [1.82, 2.24) is 0 Å². The zero-order valence-electron chi connectivity index (χ0n) is 6.21. The number of carbonyl (C=O) groups is 1. The minimum Gasteiger partial charge on any atom is -0.432 e. The van der Waals surface area contributed by atoms with E-state index >= 15 is 0 Å². The second-order valence-corrected chi connectivity index (χ2v) is 2.34. The first-order valence-electron chi connectivity index (χ1n) is 3.33. The van der Waals surface area contributed by atoms with E-state index < -0.39 is 12.3 Å². The Hall–Kier alpha value is -1.09. The fourth-order valence-electron chi connectivity index (χ4n) is 0.818. The van der Waals surface area contributed by atoms with Gasteiger partial charge < -0.3 is 9.47 Å². The molecular weight excluding hydrogens is 144 g/mol. The Morgan fingerprint density at radius 1 is 1.82 bits per heavy atom. The molecule has 0 spiro atoms. The van der Waals surface area contributed by atoms with Crippen LogP contribution in [-0.4, -0.2) is 18.9 Å². The quantitative estimate of drug-likeness (QED) is 0.338. The van der Waals surface area contributed by atoms with Crippen molar-refractivity contribution in [2.45, 2.75) is 12.7 Å². The molecule has 1 aliphatic rings. The second kappa shape index (κ2) is 3.34. The molecular formula is C8H10O3. The molecule has 0 radical (unpaired) electrons. The van der Waals surface area contributed by atoms with Crippen molar-refractivity contribution in [3.63, 3.8) is 0 Å². The largest absolute Gasteiger partial charge is 0.432 e. The molecule has 0 aromatic heterocycles. The summed E-state index contributed by atoms with van der Waals surface area (Å²) >= 11 is 0. The van der Waals surface area contributed by atoms with Crippen LogP contribution in [-0.2, 0) is 14.3 Å². The van der Waals surface area contributed by atoms with Gasteiger partial charge in [-0.2, -0.15) is 0 Å². The van der Waals surface area contributed by atoms with Crippen LogP contribution in [0.15, 0.2) is 24.8 Å². The van der Waals surface area contributed by atoms with Crippen molar-refractivity contribution < 1.29 is 14.3 Å². The van der Waals surface area contributed by atoms with Gasteiger partial charge in [-0.25, -0.2) is 4.79 Å². The third-order valence-corrected chi connectivity index (χ3v) is 1.34. The van der Waals surface area contributed by atoms with Gasteiger partial charge in [0.15, 0.2) is 0 Å². The number of esters is 1. The predicted molar refractivity (Wildman–Crippen MR) is 39.8 cm³/mol. The summed E-state index contributed by atoms with van der Waals surface area (Å²) in [4.78, 5) is 10.6. The van der Waals surface area contributed by atoms with Crippen LogP contribution in [0.1, 0.15) is 6.42 Å². The monoisotopic (exact) mass is 154 g/mol. The smallest absolute Gasteiger partial charge is 0.332 e. The highest BCUT2D eigenvalue weighted by Gasteiger charge is 2.20. The van der Waals surface area contributed by atoms with Crippen LogP contribution < -0.4 is 0 Å². The van der Waals surface area contributed by atoms with E-state index in [4.69, 9.17) is 9.47 Å². The van der Waals surface area contributed by atoms with E-state index in [1.165, 1.54) is 0 Å². The Bertz CT molecular complexity index is 196. The van der Waals surface area contributed by atoms with Crippen molar-refractivity contribution in [3.8, 4) is 0 Å². The van der Waals surface area contributed by atoms with Crippen molar-refractivity contribution in [2.24, 2.45) is 0 Å². The topological polar surface area (TPSA) is 35.5 Å². The predicted octanol–water partition coefficient (Wildman–Crippen LogP) is 1.02. The first-order chi connectivity index (χ1) is 5.22. The minimum absolute atomic E-state index is 0.451. The highest BCUT2D eigenvalue weighted by atomic mass is 16.7. The molecule has 0 saturated carbocycles. The summed E-state index contributed by atoms with van der Waals surface area (Å²) in [6.07, 6.45) is 1.26. The van der Waals surface area contributed by atoms with Gasteiger partial charge in [-0.15, -0.1) is 0 Å². The summed E-state index contributed by atoms with van der Waals surface area (Å²) in [5.74, 6) is -0.454. The van der Waals surface area contributed by atoms with Gasteiger partial charge in [-0.1, -0.05) is 13.2 Å². The molecule has 60 valence electrons. The number of carbonyl (C=O) groups excluding carboxylic acids is 1. The molecule has 1 heterocycles. The van der Waals surface area contributed by atoms with Crippen LogP contribution >= 0.6 is 0 Å². The van der Waals surface area contributed by atoms with Gasteiger partial charge in [0.2, 0.25) is 6.29 Å². The Kier molecular flexibility index (Phi) is 2.44. The summed E-state index contributed by atoms with van der Waals surface area (Å²) in [5, 5.41) is 0. The standard InChI is InChI=1S/C8H10O3/c1-3-7(9)11-8-4-6(2)5-10-8/h3,8H,1-2,4-5H2. The van der Waals surface area contributed by atoms with Crippen LogP contribution in [0.5, 0.6) is 0 Å². The average molecular weight is 154 g/mol. The fourth-order valence-corrected chi connectivity index (χ4v) is 0.818. The zero-order chi connectivity index (χ0) is 8.27. The second-order valence-electron chi connectivity index (χ2n) is 2.34. The van der Waals surface area contributed by atoms with Gasteiger partial charge in [-0.3, -0.25) is 0 Å². The highest BCUT2D eigenvalue weighted by molar-refractivity contribution is 5.81. The summed E-state index contributed by atoms with van der Waals surface area (Å²) in [7, 11) is 0. The lowest BCUT2D eigenvalue weighted by molar-refractivity contribution is -0.163. The third-order valence-electron chi connectivity index (χ3n) is 1.34. The molecule has 3 nitrogen and oxygen atoms in total. The molecule has 0 aromatic rings. The Balaban J connectivity index is 2.33. The molecule has 0 aromatic carbocycles. The lowest BCUT2D eigenvalue weighted by Gasteiger charge is -2.07. The molecule has 1 fully saturated rings. The van der Waals surface area contributed by atoms with E-state index in [1.54, 1.807) is 0 Å².